The Morgan fingerprint density at radius 1 is 1.22 bits per heavy atom. The zero-order valence-corrected chi connectivity index (χ0v) is 12.1. The van der Waals surface area contributed by atoms with E-state index < -0.39 is 0 Å². The Balaban J connectivity index is 2.19. The normalized spacial score (nSPS) is 28.1. The van der Waals surface area contributed by atoms with Gasteiger partial charge in [-0.1, -0.05) is 37.6 Å². The molecule has 0 bridgehead atoms. The molecule has 98 valence electrons. The Kier molecular flexibility index (Phi) is 4.11. The van der Waals surface area contributed by atoms with Gasteiger partial charge in [0, 0.05) is 11.5 Å². The van der Waals surface area contributed by atoms with E-state index in [2.05, 4.69) is 13.8 Å². The van der Waals surface area contributed by atoms with Crippen LogP contribution in [-0.2, 0) is 0 Å². The summed E-state index contributed by atoms with van der Waals surface area (Å²) in [5.41, 5.74) is 1.70. The summed E-state index contributed by atoms with van der Waals surface area (Å²) < 4.78 is 0. The first-order valence-corrected chi connectivity index (χ1v) is 7.17. The number of ketones is 1. The van der Waals surface area contributed by atoms with Crippen LogP contribution in [0.4, 0.5) is 0 Å². The molecule has 1 aromatic rings. The largest absolute Gasteiger partial charge is 0.294 e. The van der Waals surface area contributed by atoms with Crippen molar-refractivity contribution in [2.45, 2.75) is 40.0 Å². The second-order valence-corrected chi connectivity index (χ2v) is 6.14. The van der Waals surface area contributed by atoms with Crippen molar-refractivity contribution in [3.05, 3.63) is 34.3 Å². The van der Waals surface area contributed by atoms with E-state index in [-0.39, 0.29) is 11.7 Å². The molecular weight excluding hydrogens is 244 g/mol. The fourth-order valence-electron chi connectivity index (χ4n) is 2.84. The van der Waals surface area contributed by atoms with Crippen molar-refractivity contribution >= 4 is 17.4 Å². The van der Waals surface area contributed by atoms with Gasteiger partial charge in [0.25, 0.3) is 0 Å². The number of Topliss-reactive ketones (excluding diaryl/α,β-unsaturated/α-hetero) is 1. The molecule has 0 saturated heterocycles. The van der Waals surface area contributed by atoms with Crippen LogP contribution in [0.2, 0.25) is 5.02 Å². The lowest BCUT2D eigenvalue weighted by molar-refractivity contribution is 0.0837. The van der Waals surface area contributed by atoms with Crippen LogP contribution in [0.5, 0.6) is 0 Å². The van der Waals surface area contributed by atoms with E-state index in [0.717, 1.165) is 30.7 Å². The molecule has 1 aliphatic rings. The smallest absolute Gasteiger partial charge is 0.167 e. The summed E-state index contributed by atoms with van der Waals surface area (Å²) in [4.78, 5) is 12.5. The van der Waals surface area contributed by atoms with Crippen molar-refractivity contribution in [2.24, 2.45) is 17.8 Å². The van der Waals surface area contributed by atoms with Gasteiger partial charge in [-0.15, -0.1) is 0 Å². The highest BCUT2D eigenvalue weighted by molar-refractivity contribution is 6.34. The van der Waals surface area contributed by atoms with E-state index in [1.54, 1.807) is 0 Å². The molecule has 0 N–H and O–H groups in total. The number of halogens is 1. The van der Waals surface area contributed by atoms with E-state index in [9.17, 15) is 4.79 Å². The predicted octanol–water partition coefficient (Wildman–Crippen LogP) is 4.90. The Morgan fingerprint density at radius 2 is 1.94 bits per heavy atom. The molecule has 1 saturated carbocycles. The standard InChI is InChI=1S/C16H21ClO/c1-10-7-8-13(9-12(10)3)16(18)14-6-4-5-11(2)15(14)17/h4-6,10,12-13H,7-9H2,1-3H3. The summed E-state index contributed by atoms with van der Waals surface area (Å²) in [6.45, 7) is 6.48. The van der Waals surface area contributed by atoms with E-state index in [1.165, 1.54) is 0 Å². The third kappa shape index (κ3) is 2.61. The third-order valence-electron chi connectivity index (χ3n) is 4.43. The Labute approximate surface area is 115 Å². The maximum absolute atomic E-state index is 12.5. The molecule has 0 aromatic heterocycles. The molecule has 0 heterocycles. The molecule has 0 amide bonds. The van der Waals surface area contributed by atoms with Gasteiger partial charge in [-0.3, -0.25) is 4.79 Å². The first-order valence-electron chi connectivity index (χ1n) is 6.80. The first-order chi connectivity index (χ1) is 8.50. The number of benzene rings is 1. The average molecular weight is 265 g/mol. The molecule has 0 radical (unpaired) electrons. The summed E-state index contributed by atoms with van der Waals surface area (Å²) in [5.74, 6) is 1.77. The van der Waals surface area contributed by atoms with Crippen LogP contribution in [0.15, 0.2) is 18.2 Å². The van der Waals surface area contributed by atoms with Crippen LogP contribution >= 0.6 is 11.6 Å². The molecule has 1 aliphatic carbocycles. The van der Waals surface area contributed by atoms with Gasteiger partial charge in [-0.2, -0.15) is 0 Å². The van der Waals surface area contributed by atoms with E-state index in [4.69, 9.17) is 11.6 Å². The zero-order chi connectivity index (χ0) is 13.3. The molecule has 0 spiro atoms. The van der Waals surface area contributed by atoms with Crippen molar-refractivity contribution in [1.82, 2.24) is 0 Å². The fraction of sp³-hybridized carbons (Fsp3) is 0.562. The summed E-state index contributed by atoms with van der Waals surface area (Å²) >= 11 is 6.25. The molecule has 1 nitrogen and oxygen atoms in total. The van der Waals surface area contributed by atoms with Crippen LogP contribution in [-0.4, -0.2) is 5.78 Å². The molecule has 2 heteroatoms. The summed E-state index contributed by atoms with van der Waals surface area (Å²) in [6, 6.07) is 5.73. The van der Waals surface area contributed by atoms with E-state index >= 15 is 0 Å². The van der Waals surface area contributed by atoms with Gasteiger partial charge in [-0.25, -0.2) is 0 Å². The lowest BCUT2D eigenvalue weighted by atomic mass is 9.73. The van der Waals surface area contributed by atoms with Gasteiger partial charge in [0.2, 0.25) is 0 Å². The van der Waals surface area contributed by atoms with Gasteiger partial charge in [0.15, 0.2) is 5.78 Å². The molecule has 1 aromatic carbocycles. The lowest BCUT2D eigenvalue weighted by Gasteiger charge is -2.31. The minimum atomic E-state index is 0.162. The van der Waals surface area contributed by atoms with Crippen LogP contribution in [0.25, 0.3) is 0 Å². The number of aryl methyl sites for hydroxylation is 1. The molecule has 2 rings (SSSR count). The molecule has 3 atom stereocenters. The topological polar surface area (TPSA) is 17.1 Å². The molecule has 18 heavy (non-hydrogen) atoms. The van der Waals surface area contributed by atoms with Crippen LogP contribution in [0.1, 0.15) is 49.0 Å². The maximum Gasteiger partial charge on any atom is 0.167 e. The van der Waals surface area contributed by atoms with Gasteiger partial charge in [0.1, 0.15) is 0 Å². The summed E-state index contributed by atoms with van der Waals surface area (Å²) in [7, 11) is 0. The Bertz CT molecular complexity index is 452. The highest BCUT2D eigenvalue weighted by atomic mass is 35.5. The highest BCUT2D eigenvalue weighted by Crippen LogP contribution is 2.36. The van der Waals surface area contributed by atoms with Crippen molar-refractivity contribution in [3.8, 4) is 0 Å². The summed E-state index contributed by atoms with van der Waals surface area (Å²) in [6.07, 6.45) is 3.17. The zero-order valence-electron chi connectivity index (χ0n) is 11.4. The number of hydrogen-bond acceptors (Lipinski definition) is 1. The summed E-state index contributed by atoms with van der Waals surface area (Å²) in [5, 5.41) is 0.633. The second kappa shape index (κ2) is 5.44. The van der Waals surface area contributed by atoms with Gasteiger partial charge in [-0.05, 0) is 49.7 Å². The molecule has 3 unspecified atom stereocenters. The van der Waals surface area contributed by atoms with Gasteiger partial charge in [0.05, 0.1) is 5.02 Å². The van der Waals surface area contributed by atoms with Crippen molar-refractivity contribution in [3.63, 3.8) is 0 Å². The fourth-order valence-corrected chi connectivity index (χ4v) is 3.06. The van der Waals surface area contributed by atoms with Gasteiger partial charge < -0.3 is 0 Å². The second-order valence-electron chi connectivity index (χ2n) is 5.77. The third-order valence-corrected chi connectivity index (χ3v) is 4.93. The van der Waals surface area contributed by atoms with E-state index in [0.29, 0.717) is 16.5 Å². The SMILES string of the molecule is Cc1cccc(C(=O)C2CCC(C)C(C)C2)c1Cl. The van der Waals surface area contributed by atoms with Crippen molar-refractivity contribution in [2.75, 3.05) is 0 Å². The Hall–Kier alpha value is -0.820. The lowest BCUT2D eigenvalue weighted by Crippen LogP contribution is -2.26. The highest BCUT2D eigenvalue weighted by Gasteiger charge is 2.30. The molecule has 0 aliphatic heterocycles. The monoisotopic (exact) mass is 264 g/mol. The molecular formula is C16H21ClO. The average Bonchev–Trinajstić information content (AvgIpc) is 2.35. The predicted molar refractivity (Wildman–Crippen MR) is 76.2 cm³/mol. The van der Waals surface area contributed by atoms with Crippen molar-refractivity contribution in [1.29, 1.82) is 0 Å². The van der Waals surface area contributed by atoms with Crippen LogP contribution < -0.4 is 0 Å². The van der Waals surface area contributed by atoms with Gasteiger partial charge >= 0.3 is 0 Å². The minimum absolute atomic E-state index is 0.162. The number of carbonyl (C=O) groups excluding carboxylic acids is 1. The quantitative estimate of drug-likeness (QED) is 0.694. The first kappa shape index (κ1) is 13.6. The maximum atomic E-state index is 12.5. The van der Waals surface area contributed by atoms with E-state index in [1.807, 2.05) is 25.1 Å². The number of carbonyl (C=O) groups is 1. The van der Waals surface area contributed by atoms with Crippen LogP contribution in [0.3, 0.4) is 0 Å². The number of hydrogen-bond donors (Lipinski definition) is 0. The Morgan fingerprint density at radius 3 is 2.61 bits per heavy atom. The van der Waals surface area contributed by atoms with Crippen molar-refractivity contribution < 1.29 is 4.79 Å². The number of rotatable bonds is 2. The van der Waals surface area contributed by atoms with Crippen LogP contribution in [0, 0.1) is 24.7 Å². The minimum Gasteiger partial charge on any atom is -0.294 e. The molecule has 1 fully saturated rings.